The number of rotatable bonds is 5. The third-order valence-corrected chi connectivity index (χ3v) is 3.87. The van der Waals surface area contributed by atoms with E-state index in [1.54, 1.807) is 12.1 Å². The van der Waals surface area contributed by atoms with E-state index in [4.69, 9.17) is 0 Å². The first-order valence-electron chi connectivity index (χ1n) is 7.45. The monoisotopic (exact) mass is 363 g/mol. The number of nitrogens with zero attached hydrogens (tertiary/aromatic N) is 1. The number of alkyl halides is 3. The number of aliphatic imine (C=N–C) groups is 1. The Balaban J connectivity index is 2.71. The summed E-state index contributed by atoms with van der Waals surface area (Å²) >= 11 is 0. The van der Waals surface area contributed by atoms with Crippen molar-refractivity contribution >= 4 is 24.5 Å². The van der Waals surface area contributed by atoms with Crippen LogP contribution in [-0.2, 0) is 22.1 Å². The number of benzene rings is 2. The van der Waals surface area contributed by atoms with Gasteiger partial charge in [0.25, 0.3) is 0 Å². The summed E-state index contributed by atoms with van der Waals surface area (Å²) in [5.74, 6) is -1.11. The Morgan fingerprint density at radius 3 is 2.42 bits per heavy atom. The highest BCUT2D eigenvalue weighted by Crippen LogP contribution is 2.40. The highest BCUT2D eigenvalue weighted by molar-refractivity contribution is 5.86. The number of hydrogen-bond donors (Lipinski definition) is 1. The fraction of sp³-hybridized carbons (Fsp3) is 0.158. The smallest absolute Gasteiger partial charge is 0.416 e. The van der Waals surface area contributed by atoms with Crippen LogP contribution in [-0.4, -0.2) is 24.9 Å². The molecule has 7 heteroatoms. The molecule has 26 heavy (non-hydrogen) atoms. The lowest BCUT2D eigenvalue weighted by Crippen LogP contribution is -2.08. The molecule has 0 atom stereocenters. The maximum Gasteiger partial charge on any atom is 0.416 e. The average Bonchev–Trinajstić information content (AvgIpc) is 2.60. The number of hydrogen-bond acceptors (Lipinski definition) is 4. The van der Waals surface area contributed by atoms with Crippen LogP contribution in [0.4, 0.5) is 18.9 Å². The van der Waals surface area contributed by atoms with E-state index in [0.717, 1.165) is 12.1 Å². The van der Waals surface area contributed by atoms with E-state index in [9.17, 15) is 23.1 Å². The summed E-state index contributed by atoms with van der Waals surface area (Å²) in [4.78, 5) is 15.6. The molecule has 2 rings (SSSR count). The predicted molar refractivity (Wildman–Crippen MR) is 93.6 cm³/mol. The van der Waals surface area contributed by atoms with Crippen LogP contribution in [0.1, 0.15) is 16.7 Å². The van der Waals surface area contributed by atoms with Gasteiger partial charge in [0.2, 0.25) is 0 Å². The summed E-state index contributed by atoms with van der Waals surface area (Å²) in [6.45, 7) is 7.14. The number of phenols is 1. The topological polar surface area (TPSA) is 58.9 Å². The molecule has 0 radical (unpaired) electrons. The van der Waals surface area contributed by atoms with Gasteiger partial charge in [0.15, 0.2) is 0 Å². The van der Waals surface area contributed by atoms with E-state index < -0.39 is 23.5 Å². The third kappa shape index (κ3) is 3.77. The van der Waals surface area contributed by atoms with E-state index in [-0.39, 0.29) is 12.0 Å². The first-order chi connectivity index (χ1) is 12.2. The molecule has 0 saturated carbocycles. The van der Waals surface area contributed by atoms with Gasteiger partial charge in [-0.05, 0) is 36.0 Å². The van der Waals surface area contributed by atoms with Gasteiger partial charge in [-0.1, -0.05) is 24.8 Å². The van der Waals surface area contributed by atoms with Crippen LogP contribution in [0.2, 0.25) is 0 Å². The molecular weight excluding hydrogens is 347 g/mol. The molecule has 136 valence electrons. The van der Waals surface area contributed by atoms with Gasteiger partial charge in [0, 0.05) is 11.1 Å². The van der Waals surface area contributed by atoms with E-state index in [0.29, 0.717) is 28.4 Å². The van der Waals surface area contributed by atoms with Crippen molar-refractivity contribution in [1.29, 1.82) is 0 Å². The highest BCUT2D eigenvalue weighted by atomic mass is 19.4. The first kappa shape index (κ1) is 19.2. The molecule has 0 amide bonds. The van der Waals surface area contributed by atoms with Gasteiger partial charge >= 0.3 is 12.1 Å². The van der Waals surface area contributed by atoms with Gasteiger partial charge in [-0.3, -0.25) is 9.79 Å². The lowest BCUT2D eigenvalue weighted by molar-refractivity contribution is -0.140. The lowest BCUT2D eigenvalue weighted by atomic mass is 9.91. The van der Waals surface area contributed by atoms with Crippen LogP contribution in [0.15, 0.2) is 41.9 Å². The van der Waals surface area contributed by atoms with Crippen molar-refractivity contribution in [2.24, 2.45) is 4.99 Å². The number of aromatic hydroxyl groups is 1. The Hall–Kier alpha value is -3.09. The zero-order valence-electron chi connectivity index (χ0n) is 13.9. The molecule has 0 saturated heterocycles. The maximum atomic E-state index is 12.8. The molecule has 0 aliphatic heterocycles. The van der Waals surface area contributed by atoms with E-state index >= 15 is 0 Å². The van der Waals surface area contributed by atoms with Crippen molar-refractivity contribution in [2.45, 2.75) is 12.6 Å². The van der Waals surface area contributed by atoms with E-state index in [1.165, 1.54) is 13.2 Å². The van der Waals surface area contributed by atoms with Crippen molar-refractivity contribution in [3.63, 3.8) is 0 Å². The summed E-state index contributed by atoms with van der Waals surface area (Å²) < 4.78 is 43.1. The van der Waals surface area contributed by atoms with Crippen LogP contribution >= 0.6 is 0 Å². The molecule has 0 fully saturated rings. The SMILES string of the molecule is C=Cc1c(N=C)ccc(-c2ccc(C(F)(F)F)cc2O)c1CC(=O)OC. The second-order valence-corrected chi connectivity index (χ2v) is 5.37. The summed E-state index contributed by atoms with van der Waals surface area (Å²) in [6, 6.07) is 5.80. The highest BCUT2D eigenvalue weighted by Gasteiger charge is 2.31. The number of ether oxygens (including phenoxy) is 1. The van der Waals surface area contributed by atoms with Crippen molar-refractivity contribution in [2.75, 3.05) is 7.11 Å². The number of esters is 1. The Morgan fingerprint density at radius 2 is 1.92 bits per heavy atom. The molecule has 0 aromatic heterocycles. The largest absolute Gasteiger partial charge is 0.507 e. The lowest BCUT2D eigenvalue weighted by Gasteiger charge is -2.16. The molecule has 0 bridgehead atoms. The number of phenolic OH excluding ortho intramolecular Hbond substituents is 1. The van der Waals surface area contributed by atoms with Crippen LogP contribution in [0.25, 0.3) is 17.2 Å². The molecule has 0 aliphatic rings. The van der Waals surface area contributed by atoms with Crippen LogP contribution < -0.4 is 0 Å². The zero-order chi connectivity index (χ0) is 19.5. The minimum absolute atomic E-state index is 0.149. The molecule has 0 spiro atoms. The van der Waals surface area contributed by atoms with Crippen molar-refractivity contribution in [3.05, 3.63) is 53.6 Å². The molecule has 0 aliphatic carbocycles. The summed E-state index contributed by atoms with van der Waals surface area (Å²) in [7, 11) is 1.22. The first-order valence-corrected chi connectivity index (χ1v) is 7.45. The number of carbonyl (C=O) groups excluding carboxylic acids is 1. The molecule has 0 unspecified atom stereocenters. The molecule has 2 aromatic rings. The molecule has 2 aromatic carbocycles. The van der Waals surface area contributed by atoms with Crippen LogP contribution in [0.3, 0.4) is 0 Å². The average molecular weight is 363 g/mol. The standard InChI is InChI=1S/C19H16F3NO3/c1-4-12-15(10-18(25)26-3)13(7-8-16(12)23-2)14-6-5-11(9-17(14)24)19(20,21)22/h4-9,24H,1-2,10H2,3H3. The van der Waals surface area contributed by atoms with Gasteiger partial charge in [-0.25, -0.2) is 0 Å². The molecule has 1 N–H and O–H groups in total. The van der Waals surface area contributed by atoms with Gasteiger partial charge < -0.3 is 9.84 Å². The fourth-order valence-electron chi connectivity index (χ4n) is 2.61. The Bertz CT molecular complexity index is 873. The normalized spacial score (nSPS) is 11.1. The van der Waals surface area contributed by atoms with Crippen molar-refractivity contribution < 1.29 is 27.8 Å². The second-order valence-electron chi connectivity index (χ2n) is 5.37. The van der Waals surface area contributed by atoms with Gasteiger partial charge in [-0.2, -0.15) is 13.2 Å². The Morgan fingerprint density at radius 1 is 1.27 bits per heavy atom. The third-order valence-electron chi connectivity index (χ3n) is 3.87. The number of carbonyl (C=O) groups is 1. The van der Waals surface area contributed by atoms with Gasteiger partial charge in [0.05, 0.1) is 24.8 Å². The molecule has 0 heterocycles. The minimum atomic E-state index is -4.58. The second kappa shape index (κ2) is 7.43. The van der Waals surface area contributed by atoms with Crippen molar-refractivity contribution in [3.8, 4) is 16.9 Å². The minimum Gasteiger partial charge on any atom is -0.507 e. The fourth-order valence-corrected chi connectivity index (χ4v) is 2.61. The summed E-state index contributed by atoms with van der Waals surface area (Å²) in [6.07, 6.45) is -3.28. The van der Waals surface area contributed by atoms with Gasteiger partial charge in [0.1, 0.15) is 5.75 Å². The summed E-state index contributed by atoms with van der Waals surface area (Å²) in [5, 5.41) is 10.1. The number of halogens is 3. The van der Waals surface area contributed by atoms with E-state index in [1.807, 2.05) is 0 Å². The van der Waals surface area contributed by atoms with E-state index in [2.05, 4.69) is 23.0 Å². The Labute approximate surface area is 148 Å². The van der Waals surface area contributed by atoms with Crippen LogP contribution in [0.5, 0.6) is 5.75 Å². The molecular formula is C19H16F3NO3. The predicted octanol–water partition coefficient (Wildman–Crippen LogP) is 4.77. The summed E-state index contributed by atoms with van der Waals surface area (Å²) in [5.41, 5.74) is 0.921. The zero-order valence-corrected chi connectivity index (χ0v) is 13.9. The van der Waals surface area contributed by atoms with Gasteiger partial charge in [-0.15, -0.1) is 0 Å². The van der Waals surface area contributed by atoms with Crippen molar-refractivity contribution in [1.82, 2.24) is 0 Å². The maximum absolute atomic E-state index is 12.8. The molecule has 4 nitrogen and oxygen atoms in total. The quantitative estimate of drug-likeness (QED) is 0.615. The number of methoxy groups -OCH3 is 1. The Kier molecular flexibility index (Phi) is 5.50. The van der Waals surface area contributed by atoms with Crippen LogP contribution in [0, 0.1) is 0 Å².